The number of nitriles is 1. The quantitative estimate of drug-likeness (QED) is 0.703. The molecule has 0 radical (unpaired) electrons. The molecule has 0 saturated carbocycles. The van der Waals surface area contributed by atoms with Crippen LogP contribution in [0, 0.1) is 11.3 Å². The molecule has 2 aromatic heterocycles. The van der Waals surface area contributed by atoms with E-state index in [1.165, 1.54) is 16.8 Å². The molecule has 0 unspecified atom stereocenters. The largest absolute Gasteiger partial charge is 0.573 e. The average molecular weight is 364 g/mol. The van der Waals surface area contributed by atoms with Gasteiger partial charge in [-0.25, -0.2) is 4.98 Å². The van der Waals surface area contributed by atoms with Crippen LogP contribution in [-0.2, 0) is 0 Å². The first kappa shape index (κ1) is 16.7. The van der Waals surface area contributed by atoms with Crippen LogP contribution in [0.4, 0.5) is 13.2 Å². The number of aromatic nitrogens is 5. The van der Waals surface area contributed by atoms with E-state index >= 15 is 0 Å². The van der Waals surface area contributed by atoms with E-state index in [0.717, 1.165) is 23.9 Å². The molecule has 0 atom stereocenters. The van der Waals surface area contributed by atoms with Crippen molar-refractivity contribution in [2.75, 3.05) is 0 Å². The predicted molar refractivity (Wildman–Crippen MR) is 78.9 cm³/mol. The van der Waals surface area contributed by atoms with Gasteiger partial charge in [-0.1, -0.05) is 6.07 Å². The third-order valence-corrected chi connectivity index (χ3v) is 3.66. The second kappa shape index (κ2) is 6.78. The second-order valence-corrected chi connectivity index (χ2v) is 5.48. The van der Waals surface area contributed by atoms with Gasteiger partial charge in [0.1, 0.15) is 22.5 Å². The first-order valence-electron chi connectivity index (χ1n) is 6.64. The minimum Gasteiger partial charge on any atom is -0.406 e. The number of tetrazole rings is 1. The number of hydrogen-bond acceptors (Lipinski definition) is 7. The van der Waals surface area contributed by atoms with E-state index < -0.39 is 6.36 Å². The van der Waals surface area contributed by atoms with Gasteiger partial charge in [0.15, 0.2) is 0 Å². The molecular formula is C14H7F3N6OS. The number of nitrogens with zero attached hydrogens (tertiary/aromatic N) is 6. The number of benzene rings is 1. The fourth-order valence-corrected chi connectivity index (χ4v) is 2.60. The lowest BCUT2D eigenvalue weighted by atomic mass is 10.3. The summed E-state index contributed by atoms with van der Waals surface area (Å²) >= 11 is 1.11. The molecular weight excluding hydrogens is 357 g/mol. The summed E-state index contributed by atoms with van der Waals surface area (Å²) in [7, 11) is 0. The van der Waals surface area contributed by atoms with Crippen molar-refractivity contribution < 1.29 is 17.9 Å². The highest BCUT2D eigenvalue weighted by atomic mass is 32.2. The Balaban J connectivity index is 1.83. The van der Waals surface area contributed by atoms with Gasteiger partial charge in [0.05, 0.1) is 5.69 Å². The zero-order valence-electron chi connectivity index (χ0n) is 12.2. The van der Waals surface area contributed by atoms with Crippen molar-refractivity contribution in [1.29, 1.82) is 5.26 Å². The van der Waals surface area contributed by atoms with Crippen molar-refractivity contribution in [2.45, 2.75) is 16.5 Å². The standard InChI is InChI=1S/C14H7F3N6OS/c15-14(16,17)24-11-6-4-10(5-7-11)23-13(20-21-22-23)25-12-3-1-2-9(8-18)19-12/h1-7H. The fraction of sp³-hybridized carbons (Fsp3) is 0.0714. The van der Waals surface area contributed by atoms with Crippen LogP contribution < -0.4 is 4.74 Å². The van der Waals surface area contributed by atoms with Crippen LogP contribution in [0.1, 0.15) is 5.69 Å². The minimum absolute atomic E-state index is 0.248. The number of rotatable bonds is 4. The van der Waals surface area contributed by atoms with Crippen LogP contribution in [0.3, 0.4) is 0 Å². The monoisotopic (exact) mass is 364 g/mol. The lowest BCUT2D eigenvalue weighted by molar-refractivity contribution is -0.274. The third kappa shape index (κ3) is 4.24. The van der Waals surface area contributed by atoms with E-state index in [-0.39, 0.29) is 11.4 Å². The summed E-state index contributed by atoms with van der Waals surface area (Å²) in [5, 5.41) is 20.9. The normalized spacial score (nSPS) is 11.1. The Kier molecular flexibility index (Phi) is 4.53. The Morgan fingerprint density at radius 3 is 2.56 bits per heavy atom. The molecule has 0 amide bonds. The van der Waals surface area contributed by atoms with Crippen molar-refractivity contribution in [3.8, 4) is 17.5 Å². The number of ether oxygens (including phenoxy) is 1. The zero-order chi connectivity index (χ0) is 17.9. The summed E-state index contributed by atoms with van der Waals surface area (Å²) in [6.45, 7) is 0. The van der Waals surface area contributed by atoms with Crippen LogP contribution in [0.25, 0.3) is 5.69 Å². The smallest absolute Gasteiger partial charge is 0.406 e. The highest BCUT2D eigenvalue weighted by Gasteiger charge is 2.31. The molecule has 126 valence electrons. The Labute approximate surface area is 143 Å². The first-order valence-corrected chi connectivity index (χ1v) is 7.46. The molecule has 0 aliphatic rings. The average Bonchev–Trinajstić information content (AvgIpc) is 3.02. The highest BCUT2D eigenvalue weighted by molar-refractivity contribution is 7.99. The minimum atomic E-state index is -4.76. The number of pyridine rings is 1. The molecule has 2 heterocycles. The van der Waals surface area contributed by atoms with E-state index in [1.807, 2.05) is 6.07 Å². The van der Waals surface area contributed by atoms with Gasteiger partial charge in [0.2, 0.25) is 5.16 Å². The zero-order valence-corrected chi connectivity index (χ0v) is 13.0. The first-order chi connectivity index (χ1) is 11.9. The van der Waals surface area contributed by atoms with Gasteiger partial charge in [-0.15, -0.1) is 18.3 Å². The summed E-state index contributed by atoms with van der Waals surface area (Å²) < 4.78 is 41.7. The van der Waals surface area contributed by atoms with Crippen LogP contribution in [0.5, 0.6) is 5.75 Å². The third-order valence-electron chi connectivity index (χ3n) is 2.79. The maximum absolute atomic E-state index is 12.2. The number of halogens is 3. The molecule has 0 saturated heterocycles. The van der Waals surface area contributed by atoms with Crippen LogP contribution in [0.2, 0.25) is 0 Å². The molecule has 7 nitrogen and oxygen atoms in total. The molecule has 1 aromatic carbocycles. The van der Waals surface area contributed by atoms with E-state index in [0.29, 0.717) is 15.9 Å². The molecule has 3 rings (SSSR count). The molecule has 25 heavy (non-hydrogen) atoms. The van der Waals surface area contributed by atoms with Gasteiger partial charge in [-0.05, 0) is 58.6 Å². The molecule has 0 N–H and O–H groups in total. The van der Waals surface area contributed by atoms with E-state index in [9.17, 15) is 13.2 Å². The summed E-state index contributed by atoms with van der Waals surface area (Å²) in [4.78, 5) is 4.10. The van der Waals surface area contributed by atoms with Gasteiger partial charge < -0.3 is 4.74 Å². The second-order valence-electron chi connectivity index (χ2n) is 4.49. The fourth-order valence-electron chi connectivity index (χ4n) is 1.82. The maximum atomic E-state index is 12.2. The van der Waals surface area contributed by atoms with Gasteiger partial charge in [-0.3, -0.25) is 0 Å². The molecule has 0 spiro atoms. The summed E-state index contributed by atoms with van der Waals surface area (Å²) in [6, 6.07) is 11.9. The molecule has 3 aromatic rings. The Bertz CT molecular complexity index is 919. The SMILES string of the molecule is N#Cc1cccc(Sc2nnnn2-c2ccc(OC(F)(F)F)cc2)n1. The van der Waals surface area contributed by atoms with Crippen LogP contribution in [-0.4, -0.2) is 31.6 Å². The van der Waals surface area contributed by atoms with Crippen molar-refractivity contribution in [1.82, 2.24) is 25.2 Å². The maximum Gasteiger partial charge on any atom is 0.573 e. The van der Waals surface area contributed by atoms with E-state index in [4.69, 9.17) is 5.26 Å². The lowest BCUT2D eigenvalue weighted by Crippen LogP contribution is -2.17. The van der Waals surface area contributed by atoms with Gasteiger partial charge in [0.25, 0.3) is 0 Å². The van der Waals surface area contributed by atoms with Crippen molar-refractivity contribution in [2.24, 2.45) is 0 Å². The van der Waals surface area contributed by atoms with Crippen LogP contribution >= 0.6 is 11.8 Å². The van der Waals surface area contributed by atoms with Crippen LogP contribution in [0.15, 0.2) is 52.6 Å². The highest BCUT2D eigenvalue weighted by Crippen LogP contribution is 2.27. The Morgan fingerprint density at radius 1 is 1.12 bits per heavy atom. The summed E-state index contributed by atoms with van der Waals surface area (Å²) in [6.07, 6.45) is -4.76. The van der Waals surface area contributed by atoms with Gasteiger partial charge in [0, 0.05) is 0 Å². The lowest BCUT2D eigenvalue weighted by Gasteiger charge is -2.09. The molecule has 11 heteroatoms. The van der Waals surface area contributed by atoms with Crippen molar-refractivity contribution in [3.05, 3.63) is 48.2 Å². The van der Waals surface area contributed by atoms with Crippen molar-refractivity contribution in [3.63, 3.8) is 0 Å². The number of alkyl halides is 3. The Morgan fingerprint density at radius 2 is 1.88 bits per heavy atom. The van der Waals surface area contributed by atoms with E-state index in [2.05, 4.69) is 25.2 Å². The molecule has 0 fully saturated rings. The molecule has 0 aliphatic carbocycles. The van der Waals surface area contributed by atoms with Gasteiger partial charge in [-0.2, -0.15) is 9.94 Å². The topological polar surface area (TPSA) is 89.5 Å². The summed E-state index contributed by atoms with van der Waals surface area (Å²) in [5.41, 5.74) is 0.691. The molecule has 0 bridgehead atoms. The van der Waals surface area contributed by atoms with Crippen molar-refractivity contribution >= 4 is 11.8 Å². The number of hydrogen-bond donors (Lipinski definition) is 0. The summed E-state index contributed by atoms with van der Waals surface area (Å²) in [5.74, 6) is -0.345. The molecule has 0 aliphatic heterocycles. The predicted octanol–water partition coefficient (Wildman–Crippen LogP) is 2.98. The van der Waals surface area contributed by atoms with E-state index in [1.54, 1.807) is 18.2 Å². The van der Waals surface area contributed by atoms with Gasteiger partial charge >= 0.3 is 6.36 Å². The Hall–Kier alpha value is -3.13.